The molecule has 0 spiro atoms. The number of hydrogen-bond donors (Lipinski definition) is 6. The molecule has 0 saturated heterocycles. The van der Waals surface area contributed by atoms with Crippen molar-refractivity contribution in [2.75, 3.05) is 13.1 Å². The summed E-state index contributed by atoms with van der Waals surface area (Å²) in [6.07, 6.45) is -2.60. The van der Waals surface area contributed by atoms with Gasteiger partial charge in [-0.15, -0.1) is 0 Å². The van der Waals surface area contributed by atoms with Gasteiger partial charge in [-0.25, -0.2) is 19.3 Å². The minimum atomic E-state index is -1.67. The van der Waals surface area contributed by atoms with Crippen LogP contribution in [0.1, 0.15) is 85.6 Å². The highest BCUT2D eigenvalue weighted by Crippen LogP contribution is 2.18. The van der Waals surface area contributed by atoms with Crippen molar-refractivity contribution in [2.24, 2.45) is 17.2 Å². The van der Waals surface area contributed by atoms with Gasteiger partial charge in [-0.3, -0.25) is 24.0 Å². The van der Waals surface area contributed by atoms with Crippen molar-refractivity contribution in [3.8, 4) is 0 Å². The van der Waals surface area contributed by atoms with Crippen molar-refractivity contribution in [2.45, 2.75) is 116 Å². The highest BCUT2D eigenvalue weighted by atomic mass is 16.6. The van der Waals surface area contributed by atoms with Gasteiger partial charge in [-0.2, -0.15) is 0 Å². The number of esters is 1. The van der Waals surface area contributed by atoms with E-state index in [0.29, 0.717) is 16.9 Å². The van der Waals surface area contributed by atoms with Crippen LogP contribution in [0.3, 0.4) is 0 Å². The van der Waals surface area contributed by atoms with Gasteiger partial charge in [0, 0.05) is 13.0 Å². The monoisotopic (exact) mass is 735 g/mol. The number of amides is 7. The van der Waals surface area contributed by atoms with Gasteiger partial charge in [0.2, 0.25) is 23.6 Å². The van der Waals surface area contributed by atoms with Crippen LogP contribution in [0.15, 0.2) is 30.3 Å². The summed E-state index contributed by atoms with van der Waals surface area (Å²) in [6.45, 7) is 8.83. The Hall–Kier alpha value is -5.26. The molecule has 18 nitrogen and oxygen atoms in total. The van der Waals surface area contributed by atoms with Crippen LogP contribution >= 0.6 is 0 Å². The van der Waals surface area contributed by atoms with Crippen molar-refractivity contribution in [1.82, 2.24) is 20.9 Å². The van der Waals surface area contributed by atoms with E-state index in [4.69, 9.17) is 31.4 Å². The molecule has 7 amide bonds. The average molecular weight is 736 g/mol. The predicted octanol–water partition coefficient (Wildman–Crippen LogP) is 0.626. The van der Waals surface area contributed by atoms with Crippen LogP contribution in [0.2, 0.25) is 0 Å². The smallest absolute Gasteiger partial charge is 0.417 e. The summed E-state index contributed by atoms with van der Waals surface area (Å²) in [5, 5.41) is 7.35. The van der Waals surface area contributed by atoms with Crippen LogP contribution in [0.4, 0.5) is 9.59 Å². The lowest BCUT2D eigenvalue weighted by Gasteiger charge is -2.31. The van der Waals surface area contributed by atoms with Crippen molar-refractivity contribution in [1.29, 1.82) is 0 Å². The maximum atomic E-state index is 13.7. The van der Waals surface area contributed by atoms with Gasteiger partial charge in [0.05, 0.1) is 19.0 Å². The van der Waals surface area contributed by atoms with Crippen LogP contribution in [-0.4, -0.2) is 95.0 Å². The van der Waals surface area contributed by atoms with E-state index in [1.54, 1.807) is 71.9 Å². The minimum absolute atomic E-state index is 0.00691. The number of unbranched alkanes of at least 4 members (excludes halogenated alkanes) is 1. The molecule has 9 N–H and O–H groups in total. The average Bonchev–Trinajstić information content (AvgIpc) is 3.01. The molecule has 0 radical (unpaired) electrons. The fourth-order valence-corrected chi connectivity index (χ4v) is 4.40. The number of hydrogen-bond acceptors (Lipinski definition) is 12. The van der Waals surface area contributed by atoms with Gasteiger partial charge in [0.25, 0.3) is 5.91 Å². The molecule has 0 aliphatic heterocycles. The first-order valence-electron chi connectivity index (χ1n) is 16.7. The summed E-state index contributed by atoms with van der Waals surface area (Å²) in [4.78, 5) is 102. The summed E-state index contributed by atoms with van der Waals surface area (Å²) in [5.41, 5.74) is 15.0. The molecule has 3 atom stereocenters. The quantitative estimate of drug-likeness (QED) is 0.0648. The third-order valence-corrected chi connectivity index (χ3v) is 6.72. The Morgan fingerprint density at radius 2 is 1.40 bits per heavy atom. The molecule has 1 aromatic carbocycles. The van der Waals surface area contributed by atoms with Gasteiger partial charge >= 0.3 is 18.2 Å². The number of carbonyl (C=O) groups is 8. The Balaban J connectivity index is 3.23. The summed E-state index contributed by atoms with van der Waals surface area (Å²) in [5.74, 6) is -5.56. The van der Waals surface area contributed by atoms with Crippen molar-refractivity contribution in [3.63, 3.8) is 0 Å². The Kier molecular flexibility index (Phi) is 18.2. The Bertz CT molecular complexity index is 1410. The number of imide groups is 1. The van der Waals surface area contributed by atoms with Crippen molar-refractivity contribution >= 4 is 47.7 Å². The topological polar surface area (TPSA) is 282 Å². The molecule has 0 aliphatic carbocycles. The number of ether oxygens (including phenoxy) is 3. The Morgan fingerprint density at radius 3 is 1.96 bits per heavy atom. The first-order chi connectivity index (χ1) is 24.1. The van der Waals surface area contributed by atoms with Crippen molar-refractivity contribution in [3.05, 3.63) is 35.9 Å². The maximum Gasteiger partial charge on any atom is 0.417 e. The van der Waals surface area contributed by atoms with Crippen molar-refractivity contribution < 1.29 is 52.6 Å². The Morgan fingerprint density at radius 1 is 0.788 bits per heavy atom. The van der Waals surface area contributed by atoms with Gasteiger partial charge in [-0.1, -0.05) is 30.3 Å². The summed E-state index contributed by atoms with van der Waals surface area (Å²) in [6, 6.07) is 4.13. The van der Waals surface area contributed by atoms with Crippen LogP contribution in [-0.2, 0) is 49.6 Å². The van der Waals surface area contributed by atoms with E-state index in [-0.39, 0.29) is 26.0 Å². The molecule has 0 heterocycles. The van der Waals surface area contributed by atoms with E-state index in [9.17, 15) is 38.4 Å². The zero-order valence-electron chi connectivity index (χ0n) is 30.7. The second-order valence-corrected chi connectivity index (χ2v) is 13.8. The first kappa shape index (κ1) is 44.8. The standard InChI is InChI=1S/C34H53N7O11/c1-33(2,3)51-30(47)24(15-16-25(36)42)41(32(49)50-20-21-12-8-7-9-13-21)27(44)19-39-29(46)23(40-28(45)22(35)18-26(37)43)14-10-11-17-38-31(48)52-34(4,5)6/h7-9,12-13,22-24H,10-11,14-20,35H2,1-6H3,(H2,36,42)(H2,37,43)(H,38,48)(H,39,46)(H,40,45)/t22-,23-,24-/m0/s1. The third kappa shape index (κ3) is 18.7. The summed E-state index contributed by atoms with van der Waals surface area (Å²) < 4.78 is 16.0. The number of rotatable bonds is 19. The zero-order chi connectivity index (χ0) is 39.6. The molecule has 0 unspecified atom stereocenters. The second-order valence-electron chi connectivity index (χ2n) is 13.8. The summed E-state index contributed by atoms with van der Waals surface area (Å²) in [7, 11) is 0. The molecule has 52 heavy (non-hydrogen) atoms. The van der Waals surface area contributed by atoms with E-state index >= 15 is 0 Å². The number of nitrogens with two attached hydrogens (primary N) is 3. The molecule has 18 heteroatoms. The van der Waals surface area contributed by atoms with Gasteiger partial charge in [0.1, 0.15) is 29.9 Å². The number of primary amides is 2. The van der Waals surface area contributed by atoms with Gasteiger partial charge in [-0.05, 0) is 72.8 Å². The van der Waals surface area contributed by atoms with Crippen LogP contribution in [0.5, 0.6) is 0 Å². The molecule has 0 saturated carbocycles. The maximum absolute atomic E-state index is 13.7. The third-order valence-electron chi connectivity index (χ3n) is 6.72. The van der Waals surface area contributed by atoms with E-state index in [0.717, 1.165) is 0 Å². The second kappa shape index (κ2) is 21.2. The largest absolute Gasteiger partial charge is 0.458 e. The number of nitrogens with one attached hydrogen (secondary N) is 3. The highest BCUT2D eigenvalue weighted by molar-refractivity contribution is 6.00. The molecule has 1 aromatic rings. The van der Waals surface area contributed by atoms with Crippen LogP contribution < -0.4 is 33.2 Å². The van der Waals surface area contributed by atoms with Gasteiger partial charge in [0.15, 0.2) is 0 Å². The fourth-order valence-electron chi connectivity index (χ4n) is 4.40. The zero-order valence-corrected chi connectivity index (χ0v) is 30.7. The molecule has 1 rings (SSSR count). The fraction of sp³-hybridized carbons (Fsp3) is 0.588. The molecular formula is C34H53N7O11. The SMILES string of the molecule is CC(C)(C)OC(=O)NCCCC[C@H](NC(=O)[C@@H](N)CC(N)=O)C(=O)NCC(=O)N(C(=O)OCc1ccccc1)[C@@H](CCC(N)=O)C(=O)OC(C)(C)C. The molecular weight excluding hydrogens is 682 g/mol. The number of nitrogens with zero attached hydrogens (tertiary/aromatic N) is 1. The normalized spacial score (nSPS) is 13.0. The Labute approximate surface area is 303 Å². The first-order valence-corrected chi connectivity index (χ1v) is 16.7. The molecule has 0 aromatic heterocycles. The molecule has 0 fully saturated rings. The van der Waals surface area contributed by atoms with E-state index in [1.807, 2.05) is 0 Å². The van der Waals surface area contributed by atoms with E-state index in [2.05, 4.69) is 16.0 Å². The molecule has 0 bridgehead atoms. The molecule has 0 aliphatic rings. The number of benzene rings is 1. The number of alkyl carbamates (subject to hydrolysis) is 1. The van der Waals surface area contributed by atoms with Gasteiger partial charge < -0.3 is 47.4 Å². The van der Waals surface area contributed by atoms with E-state index < -0.39 is 103 Å². The summed E-state index contributed by atoms with van der Waals surface area (Å²) >= 11 is 0. The molecule has 290 valence electrons. The lowest BCUT2D eigenvalue weighted by molar-refractivity contribution is -0.164. The van der Waals surface area contributed by atoms with E-state index in [1.165, 1.54) is 0 Å². The lowest BCUT2D eigenvalue weighted by Crippen LogP contribution is -2.56. The predicted molar refractivity (Wildman–Crippen MR) is 186 cm³/mol. The lowest BCUT2D eigenvalue weighted by atomic mass is 10.1. The van der Waals surface area contributed by atoms with Crippen LogP contribution in [0, 0.1) is 0 Å². The minimum Gasteiger partial charge on any atom is -0.458 e. The highest BCUT2D eigenvalue weighted by Gasteiger charge is 2.39. The number of carbonyl (C=O) groups excluding carboxylic acids is 8. The van der Waals surface area contributed by atoms with Crippen LogP contribution in [0.25, 0.3) is 0 Å².